The van der Waals surface area contributed by atoms with Crippen LogP contribution in [0.5, 0.6) is 0 Å². The van der Waals surface area contributed by atoms with Gasteiger partial charge in [0.25, 0.3) is 11.5 Å². The van der Waals surface area contributed by atoms with E-state index < -0.39 is 5.56 Å². The highest BCUT2D eigenvalue weighted by Gasteiger charge is 2.41. The topological polar surface area (TPSA) is 83.4 Å². The molecule has 1 aromatic carbocycles. The number of fused-ring (bicyclic) bond motifs is 1. The summed E-state index contributed by atoms with van der Waals surface area (Å²) in [4.78, 5) is 38.8. The van der Waals surface area contributed by atoms with Crippen molar-refractivity contribution in [1.82, 2.24) is 24.3 Å². The number of piperidine rings is 1. The Hall–Kier alpha value is -3.26. The van der Waals surface area contributed by atoms with E-state index in [9.17, 15) is 9.59 Å². The first kappa shape index (κ1) is 17.8. The van der Waals surface area contributed by atoms with Crippen LogP contribution in [0.25, 0.3) is 4.96 Å². The van der Waals surface area contributed by atoms with Crippen molar-refractivity contribution >= 4 is 22.2 Å². The molecule has 0 unspecified atom stereocenters. The molecule has 1 saturated heterocycles. The molecule has 1 aliphatic heterocycles. The summed E-state index contributed by atoms with van der Waals surface area (Å²) in [7, 11) is 0. The Kier molecular flexibility index (Phi) is 4.28. The zero-order valence-electron chi connectivity index (χ0n) is 15.6. The number of thiazole rings is 1. The summed E-state index contributed by atoms with van der Waals surface area (Å²) < 4.78 is 2.05. The number of hydrogen-bond donors (Lipinski definition) is 1. The van der Waals surface area contributed by atoms with Crippen LogP contribution < -0.4 is 5.56 Å². The molecule has 1 fully saturated rings. The first-order chi connectivity index (χ1) is 14.2. The standard InChI is InChI=1S/C21H19N5O2S/c27-18-16(12-22-14-23-18)19(28)25-8-6-21(7-9-25,15-4-2-1-3-5-15)17-13-26-10-11-29-20(26)24-17/h1-5,10-14H,6-9H2,(H,22,23,27). The first-order valence-electron chi connectivity index (χ1n) is 9.47. The molecule has 0 atom stereocenters. The fourth-order valence-electron chi connectivity index (χ4n) is 4.17. The Labute approximate surface area is 170 Å². The van der Waals surface area contributed by atoms with E-state index in [4.69, 9.17) is 4.98 Å². The maximum absolute atomic E-state index is 12.9. The fourth-order valence-corrected chi connectivity index (χ4v) is 4.87. The van der Waals surface area contributed by atoms with E-state index in [1.807, 2.05) is 29.8 Å². The van der Waals surface area contributed by atoms with Crippen LogP contribution >= 0.6 is 11.3 Å². The molecule has 0 bridgehead atoms. The van der Waals surface area contributed by atoms with Gasteiger partial charge in [-0.05, 0) is 18.4 Å². The molecule has 4 aromatic rings. The van der Waals surface area contributed by atoms with E-state index in [1.54, 1.807) is 16.2 Å². The van der Waals surface area contributed by atoms with Crippen molar-refractivity contribution in [3.05, 3.63) is 87.8 Å². The lowest BCUT2D eigenvalue weighted by Gasteiger charge is -2.41. The highest BCUT2D eigenvalue weighted by molar-refractivity contribution is 7.15. The number of aromatic amines is 1. The second-order valence-electron chi connectivity index (χ2n) is 7.25. The number of hydrogen-bond acceptors (Lipinski definition) is 5. The summed E-state index contributed by atoms with van der Waals surface area (Å²) in [6, 6.07) is 10.4. The molecule has 5 rings (SSSR count). The lowest BCUT2D eigenvalue weighted by atomic mass is 9.70. The van der Waals surface area contributed by atoms with Crippen LogP contribution in [0.3, 0.4) is 0 Å². The van der Waals surface area contributed by atoms with Gasteiger partial charge in [-0.2, -0.15) is 0 Å². The van der Waals surface area contributed by atoms with Crippen molar-refractivity contribution in [2.45, 2.75) is 18.3 Å². The molecule has 1 N–H and O–H groups in total. The van der Waals surface area contributed by atoms with E-state index in [1.165, 1.54) is 18.1 Å². The smallest absolute Gasteiger partial charge is 0.263 e. The summed E-state index contributed by atoms with van der Waals surface area (Å²) in [5.74, 6) is -0.271. The number of imidazole rings is 1. The molecule has 4 heterocycles. The number of nitrogens with zero attached hydrogens (tertiary/aromatic N) is 4. The summed E-state index contributed by atoms with van der Waals surface area (Å²) in [5.41, 5.74) is 1.66. The van der Waals surface area contributed by atoms with Crippen molar-refractivity contribution in [1.29, 1.82) is 0 Å². The van der Waals surface area contributed by atoms with Gasteiger partial charge in [0.2, 0.25) is 0 Å². The van der Waals surface area contributed by atoms with Gasteiger partial charge in [-0.1, -0.05) is 30.3 Å². The highest BCUT2D eigenvalue weighted by Crippen LogP contribution is 2.41. The fraction of sp³-hybridized carbons (Fsp3) is 0.238. The minimum Gasteiger partial charge on any atom is -0.338 e. The third kappa shape index (κ3) is 2.96. The molecule has 1 amide bonds. The molecule has 3 aromatic heterocycles. The number of H-pyrrole nitrogens is 1. The van der Waals surface area contributed by atoms with Crippen LogP contribution in [0.2, 0.25) is 0 Å². The molecular formula is C21H19N5O2S. The third-order valence-corrected chi connectivity index (χ3v) is 6.53. The predicted octanol–water partition coefficient (Wildman–Crippen LogP) is 2.70. The zero-order valence-corrected chi connectivity index (χ0v) is 16.4. The molecule has 8 heteroatoms. The van der Waals surface area contributed by atoms with Crippen molar-refractivity contribution in [2.75, 3.05) is 13.1 Å². The minimum atomic E-state index is -0.403. The molecule has 29 heavy (non-hydrogen) atoms. The lowest BCUT2D eigenvalue weighted by molar-refractivity contribution is 0.0682. The van der Waals surface area contributed by atoms with Gasteiger partial charge in [-0.3, -0.25) is 14.0 Å². The number of amides is 1. The molecule has 146 valence electrons. The normalized spacial score (nSPS) is 16.2. The minimum absolute atomic E-state index is 0.0854. The van der Waals surface area contributed by atoms with Gasteiger partial charge in [0.1, 0.15) is 5.56 Å². The SMILES string of the molecule is O=C(c1cnc[nH]c1=O)N1CCC(c2ccccc2)(c2cn3ccsc3n2)CC1. The Morgan fingerprint density at radius 2 is 1.97 bits per heavy atom. The second kappa shape index (κ2) is 6.97. The van der Waals surface area contributed by atoms with Gasteiger partial charge < -0.3 is 9.88 Å². The van der Waals surface area contributed by atoms with Gasteiger partial charge in [0, 0.05) is 42.5 Å². The number of carbonyl (C=O) groups is 1. The molecular weight excluding hydrogens is 386 g/mol. The number of benzene rings is 1. The van der Waals surface area contributed by atoms with Crippen molar-refractivity contribution in [2.24, 2.45) is 0 Å². The van der Waals surface area contributed by atoms with E-state index in [-0.39, 0.29) is 16.9 Å². The summed E-state index contributed by atoms with van der Waals surface area (Å²) >= 11 is 1.61. The Morgan fingerprint density at radius 1 is 1.17 bits per heavy atom. The Bertz CT molecular complexity index is 1190. The van der Waals surface area contributed by atoms with E-state index in [2.05, 4.69) is 32.7 Å². The van der Waals surface area contributed by atoms with Gasteiger partial charge in [-0.15, -0.1) is 11.3 Å². The predicted molar refractivity (Wildman–Crippen MR) is 110 cm³/mol. The average Bonchev–Trinajstić information content (AvgIpc) is 3.37. The maximum Gasteiger partial charge on any atom is 0.263 e. The molecule has 1 aliphatic rings. The van der Waals surface area contributed by atoms with Crippen LogP contribution in [0, 0.1) is 0 Å². The third-order valence-electron chi connectivity index (χ3n) is 5.76. The number of rotatable bonds is 3. The van der Waals surface area contributed by atoms with Crippen LogP contribution in [0.15, 0.2) is 65.4 Å². The Morgan fingerprint density at radius 3 is 2.69 bits per heavy atom. The van der Waals surface area contributed by atoms with Crippen LogP contribution in [-0.4, -0.2) is 43.2 Å². The van der Waals surface area contributed by atoms with E-state index in [0.717, 1.165) is 23.5 Å². The molecule has 0 spiro atoms. The quantitative estimate of drug-likeness (QED) is 0.568. The number of likely N-dealkylation sites (tertiary alicyclic amines) is 1. The molecule has 0 aliphatic carbocycles. The number of aromatic nitrogens is 4. The monoisotopic (exact) mass is 405 g/mol. The van der Waals surface area contributed by atoms with Crippen molar-refractivity contribution in [3.8, 4) is 0 Å². The van der Waals surface area contributed by atoms with Crippen molar-refractivity contribution in [3.63, 3.8) is 0 Å². The maximum atomic E-state index is 12.9. The molecule has 0 saturated carbocycles. The average molecular weight is 405 g/mol. The van der Waals surface area contributed by atoms with Gasteiger partial charge in [0.05, 0.1) is 12.0 Å². The lowest BCUT2D eigenvalue weighted by Crippen LogP contribution is -2.47. The van der Waals surface area contributed by atoms with Crippen LogP contribution in [-0.2, 0) is 5.41 Å². The number of carbonyl (C=O) groups excluding carboxylic acids is 1. The van der Waals surface area contributed by atoms with E-state index in [0.29, 0.717) is 13.1 Å². The van der Waals surface area contributed by atoms with Gasteiger partial charge in [-0.25, -0.2) is 9.97 Å². The van der Waals surface area contributed by atoms with Gasteiger partial charge >= 0.3 is 0 Å². The van der Waals surface area contributed by atoms with E-state index >= 15 is 0 Å². The van der Waals surface area contributed by atoms with Crippen LogP contribution in [0.1, 0.15) is 34.5 Å². The number of nitrogens with one attached hydrogen (secondary N) is 1. The summed E-state index contributed by atoms with van der Waals surface area (Å²) in [5, 5.41) is 2.02. The highest BCUT2D eigenvalue weighted by atomic mass is 32.1. The largest absolute Gasteiger partial charge is 0.338 e. The second-order valence-corrected chi connectivity index (χ2v) is 8.13. The summed E-state index contributed by atoms with van der Waals surface area (Å²) in [6.45, 7) is 1.10. The summed E-state index contributed by atoms with van der Waals surface area (Å²) in [6.07, 6.45) is 8.23. The first-order valence-corrected chi connectivity index (χ1v) is 10.4. The zero-order chi connectivity index (χ0) is 19.8. The van der Waals surface area contributed by atoms with Crippen molar-refractivity contribution < 1.29 is 4.79 Å². The van der Waals surface area contributed by atoms with Gasteiger partial charge in [0.15, 0.2) is 4.96 Å². The Balaban J connectivity index is 1.49. The molecule has 0 radical (unpaired) electrons. The molecule has 7 nitrogen and oxygen atoms in total. The van der Waals surface area contributed by atoms with Crippen LogP contribution in [0.4, 0.5) is 0 Å².